The minimum absolute atomic E-state index is 0.195. The van der Waals surface area contributed by atoms with Gasteiger partial charge in [0.15, 0.2) is 0 Å². The van der Waals surface area contributed by atoms with Crippen LogP contribution in [0.25, 0.3) is 0 Å². The third-order valence-electron chi connectivity index (χ3n) is 3.22. The summed E-state index contributed by atoms with van der Waals surface area (Å²) in [6.45, 7) is 9.46. The van der Waals surface area contributed by atoms with Crippen LogP contribution in [0, 0.1) is 5.82 Å². The van der Waals surface area contributed by atoms with Crippen LogP contribution in [0.1, 0.15) is 18.4 Å². The van der Waals surface area contributed by atoms with Crippen molar-refractivity contribution in [2.45, 2.75) is 25.4 Å². The molecule has 0 amide bonds. The highest BCUT2D eigenvalue weighted by Gasteiger charge is 2.20. The Balaban J connectivity index is 2.12. The molecule has 1 N–H and O–H groups in total. The van der Waals surface area contributed by atoms with Crippen LogP contribution in [-0.2, 0) is 6.54 Å². The van der Waals surface area contributed by atoms with Crippen molar-refractivity contribution in [3.8, 4) is 0 Å². The zero-order chi connectivity index (χ0) is 13.7. The monoisotopic (exact) mass is 260 g/mol. The SMILES string of the molecule is C=CCN(CC=C)c1cc(CNC2CC2)ccc1F. The van der Waals surface area contributed by atoms with E-state index in [0.29, 0.717) is 24.8 Å². The Morgan fingerprint density at radius 3 is 2.53 bits per heavy atom. The van der Waals surface area contributed by atoms with Crippen molar-refractivity contribution in [3.05, 3.63) is 54.9 Å². The number of nitrogens with zero attached hydrogens (tertiary/aromatic N) is 1. The standard InChI is InChI=1S/C16H21FN2/c1-3-9-19(10-4-2)16-11-13(5-8-15(16)17)12-18-14-6-7-14/h3-5,8,11,14,18H,1-2,6-7,9-10,12H2. The molecule has 1 aliphatic carbocycles. The van der Waals surface area contributed by atoms with Gasteiger partial charge in [-0.25, -0.2) is 4.39 Å². The van der Waals surface area contributed by atoms with E-state index in [2.05, 4.69) is 18.5 Å². The van der Waals surface area contributed by atoms with E-state index in [9.17, 15) is 4.39 Å². The molecular formula is C16H21FN2. The number of anilines is 1. The van der Waals surface area contributed by atoms with E-state index in [1.54, 1.807) is 18.2 Å². The predicted octanol–water partition coefficient (Wildman–Crippen LogP) is 3.26. The van der Waals surface area contributed by atoms with E-state index >= 15 is 0 Å². The van der Waals surface area contributed by atoms with Crippen LogP contribution in [0.4, 0.5) is 10.1 Å². The molecular weight excluding hydrogens is 239 g/mol. The van der Waals surface area contributed by atoms with Crippen molar-refractivity contribution in [2.75, 3.05) is 18.0 Å². The van der Waals surface area contributed by atoms with Gasteiger partial charge in [0.1, 0.15) is 5.82 Å². The van der Waals surface area contributed by atoms with Gasteiger partial charge in [-0.3, -0.25) is 0 Å². The zero-order valence-electron chi connectivity index (χ0n) is 11.2. The summed E-state index contributed by atoms with van der Waals surface area (Å²) in [4.78, 5) is 1.93. The summed E-state index contributed by atoms with van der Waals surface area (Å²) >= 11 is 0. The number of rotatable bonds is 8. The second kappa shape index (κ2) is 6.53. The van der Waals surface area contributed by atoms with E-state index in [0.717, 1.165) is 12.1 Å². The summed E-state index contributed by atoms with van der Waals surface area (Å²) in [6.07, 6.45) is 6.07. The fourth-order valence-corrected chi connectivity index (χ4v) is 2.04. The third kappa shape index (κ3) is 3.93. The van der Waals surface area contributed by atoms with Crippen LogP contribution in [0.15, 0.2) is 43.5 Å². The number of halogens is 1. The van der Waals surface area contributed by atoms with Crippen LogP contribution >= 0.6 is 0 Å². The average molecular weight is 260 g/mol. The topological polar surface area (TPSA) is 15.3 Å². The first-order valence-electron chi connectivity index (χ1n) is 6.73. The van der Waals surface area contributed by atoms with Crippen molar-refractivity contribution in [1.29, 1.82) is 0 Å². The molecule has 2 rings (SSSR count). The fraction of sp³-hybridized carbons (Fsp3) is 0.375. The molecule has 0 aromatic heterocycles. The highest BCUT2D eigenvalue weighted by atomic mass is 19.1. The first-order chi connectivity index (χ1) is 9.24. The average Bonchev–Trinajstić information content (AvgIpc) is 3.22. The molecule has 0 aliphatic heterocycles. The molecule has 0 atom stereocenters. The second-order valence-electron chi connectivity index (χ2n) is 4.92. The van der Waals surface area contributed by atoms with Gasteiger partial charge < -0.3 is 10.2 Å². The molecule has 0 unspecified atom stereocenters. The maximum absolute atomic E-state index is 13.9. The maximum atomic E-state index is 13.9. The summed E-state index contributed by atoms with van der Waals surface area (Å²) in [5, 5.41) is 3.44. The molecule has 0 spiro atoms. The fourth-order valence-electron chi connectivity index (χ4n) is 2.04. The van der Waals surface area contributed by atoms with E-state index in [1.165, 1.54) is 12.8 Å². The second-order valence-corrected chi connectivity index (χ2v) is 4.92. The van der Waals surface area contributed by atoms with Crippen LogP contribution < -0.4 is 10.2 Å². The third-order valence-corrected chi connectivity index (χ3v) is 3.22. The van der Waals surface area contributed by atoms with Crippen molar-refractivity contribution >= 4 is 5.69 Å². The molecule has 102 valence electrons. The zero-order valence-corrected chi connectivity index (χ0v) is 11.2. The van der Waals surface area contributed by atoms with E-state index in [1.807, 2.05) is 17.0 Å². The Bertz CT molecular complexity index is 442. The van der Waals surface area contributed by atoms with Gasteiger partial charge in [0.05, 0.1) is 5.69 Å². The molecule has 1 aromatic carbocycles. The summed E-state index contributed by atoms with van der Waals surface area (Å²) in [5.74, 6) is -0.195. The first-order valence-corrected chi connectivity index (χ1v) is 6.73. The Hall–Kier alpha value is -1.61. The number of hydrogen-bond donors (Lipinski definition) is 1. The van der Waals surface area contributed by atoms with Gasteiger partial charge in [-0.05, 0) is 30.5 Å². The van der Waals surface area contributed by atoms with Crippen molar-refractivity contribution < 1.29 is 4.39 Å². The Labute approximate surface area is 114 Å². The molecule has 1 saturated carbocycles. The van der Waals surface area contributed by atoms with Gasteiger partial charge in [-0.2, -0.15) is 0 Å². The van der Waals surface area contributed by atoms with Crippen LogP contribution in [0.3, 0.4) is 0 Å². The van der Waals surface area contributed by atoms with Crippen LogP contribution in [-0.4, -0.2) is 19.1 Å². The van der Waals surface area contributed by atoms with E-state index in [-0.39, 0.29) is 5.82 Å². The number of benzene rings is 1. The molecule has 0 bridgehead atoms. The van der Waals surface area contributed by atoms with E-state index < -0.39 is 0 Å². The normalized spacial score (nSPS) is 14.2. The molecule has 0 radical (unpaired) electrons. The lowest BCUT2D eigenvalue weighted by molar-refractivity contribution is 0.620. The summed E-state index contributed by atoms with van der Waals surface area (Å²) in [7, 11) is 0. The van der Waals surface area contributed by atoms with Crippen LogP contribution in [0.5, 0.6) is 0 Å². The maximum Gasteiger partial charge on any atom is 0.146 e. The Kier molecular flexibility index (Phi) is 4.74. The largest absolute Gasteiger partial charge is 0.362 e. The lowest BCUT2D eigenvalue weighted by Crippen LogP contribution is -2.24. The molecule has 0 heterocycles. The smallest absolute Gasteiger partial charge is 0.146 e. The molecule has 0 saturated heterocycles. The van der Waals surface area contributed by atoms with Crippen molar-refractivity contribution in [2.24, 2.45) is 0 Å². The van der Waals surface area contributed by atoms with Gasteiger partial charge in [0.25, 0.3) is 0 Å². The minimum Gasteiger partial charge on any atom is -0.362 e. The summed E-state index contributed by atoms with van der Waals surface area (Å²) in [5.41, 5.74) is 1.73. The molecule has 1 fully saturated rings. The van der Waals surface area contributed by atoms with Crippen molar-refractivity contribution in [1.82, 2.24) is 5.32 Å². The quantitative estimate of drug-likeness (QED) is 0.722. The molecule has 2 nitrogen and oxygen atoms in total. The molecule has 3 heteroatoms. The lowest BCUT2D eigenvalue weighted by atomic mass is 10.1. The Morgan fingerprint density at radius 1 is 1.26 bits per heavy atom. The molecule has 19 heavy (non-hydrogen) atoms. The van der Waals surface area contributed by atoms with Gasteiger partial charge in [-0.15, -0.1) is 13.2 Å². The minimum atomic E-state index is -0.195. The van der Waals surface area contributed by atoms with Gasteiger partial charge >= 0.3 is 0 Å². The van der Waals surface area contributed by atoms with Gasteiger partial charge in [-0.1, -0.05) is 18.2 Å². The molecule has 1 aliphatic rings. The summed E-state index contributed by atoms with van der Waals surface area (Å²) in [6, 6.07) is 5.95. The van der Waals surface area contributed by atoms with Gasteiger partial charge in [0, 0.05) is 25.7 Å². The number of hydrogen-bond acceptors (Lipinski definition) is 2. The molecule has 1 aromatic rings. The van der Waals surface area contributed by atoms with Crippen molar-refractivity contribution in [3.63, 3.8) is 0 Å². The first kappa shape index (κ1) is 13.8. The predicted molar refractivity (Wildman–Crippen MR) is 78.9 cm³/mol. The van der Waals surface area contributed by atoms with Crippen LogP contribution in [0.2, 0.25) is 0 Å². The summed E-state index contributed by atoms with van der Waals surface area (Å²) < 4.78 is 13.9. The van der Waals surface area contributed by atoms with Gasteiger partial charge in [0.2, 0.25) is 0 Å². The highest BCUT2D eigenvalue weighted by Crippen LogP contribution is 2.23. The van der Waals surface area contributed by atoms with E-state index in [4.69, 9.17) is 0 Å². The number of nitrogens with one attached hydrogen (secondary N) is 1. The Morgan fingerprint density at radius 2 is 1.95 bits per heavy atom. The lowest BCUT2D eigenvalue weighted by Gasteiger charge is -2.23. The highest BCUT2D eigenvalue weighted by molar-refractivity contribution is 5.51.